The van der Waals surface area contributed by atoms with Crippen LogP contribution in [0.1, 0.15) is 35.3 Å². The van der Waals surface area contributed by atoms with Crippen LogP contribution < -0.4 is 14.2 Å². The number of benzene rings is 2. The van der Waals surface area contributed by atoms with Gasteiger partial charge in [-0.05, 0) is 44.2 Å². The van der Waals surface area contributed by atoms with Crippen molar-refractivity contribution in [2.24, 2.45) is 0 Å². The third-order valence-electron chi connectivity index (χ3n) is 4.90. The van der Waals surface area contributed by atoms with E-state index in [1.54, 1.807) is 0 Å². The van der Waals surface area contributed by atoms with E-state index in [1.165, 1.54) is 39.4 Å². The fourth-order valence-electron chi connectivity index (χ4n) is 3.31. The van der Waals surface area contributed by atoms with Crippen molar-refractivity contribution in [3.63, 3.8) is 0 Å². The van der Waals surface area contributed by atoms with Gasteiger partial charge in [0.2, 0.25) is 10.0 Å². The second-order valence-electron chi connectivity index (χ2n) is 7.36. The largest absolute Gasteiger partial charge is 0.495 e. The molecular formula is C22H27NO7S. The van der Waals surface area contributed by atoms with Gasteiger partial charge in [0.1, 0.15) is 34.9 Å². The fourth-order valence-corrected chi connectivity index (χ4v) is 4.39. The molecule has 0 fully saturated rings. The Morgan fingerprint density at radius 3 is 2.58 bits per heavy atom. The van der Waals surface area contributed by atoms with E-state index in [0.717, 1.165) is 22.0 Å². The van der Waals surface area contributed by atoms with Crippen molar-refractivity contribution in [3.05, 3.63) is 47.0 Å². The van der Waals surface area contributed by atoms with Crippen LogP contribution in [0.3, 0.4) is 0 Å². The Bertz CT molecular complexity index is 1080. The van der Waals surface area contributed by atoms with E-state index in [1.807, 2.05) is 26.0 Å². The molecule has 0 spiro atoms. The highest BCUT2D eigenvalue weighted by Gasteiger charge is 2.25. The third-order valence-corrected chi connectivity index (χ3v) is 6.73. The lowest BCUT2D eigenvalue weighted by Gasteiger charge is -2.16. The lowest BCUT2D eigenvalue weighted by molar-refractivity contribution is 0.0469. The van der Waals surface area contributed by atoms with Gasteiger partial charge in [0.05, 0.1) is 19.3 Å². The summed E-state index contributed by atoms with van der Waals surface area (Å²) < 4.78 is 48.3. The number of hydrogen-bond acceptors (Lipinski definition) is 7. The minimum absolute atomic E-state index is 0.0407. The molecule has 0 bridgehead atoms. The zero-order chi connectivity index (χ0) is 22.8. The van der Waals surface area contributed by atoms with E-state index in [0.29, 0.717) is 17.9 Å². The number of esters is 1. The highest BCUT2D eigenvalue weighted by atomic mass is 32.2. The number of fused-ring (bicyclic) bond motifs is 1. The van der Waals surface area contributed by atoms with Crippen molar-refractivity contribution < 1.29 is 32.2 Å². The Morgan fingerprint density at radius 1 is 1.19 bits per heavy atom. The van der Waals surface area contributed by atoms with E-state index >= 15 is 0 Å². The standard InChI is InChI=1S/C22H27NO7S/c1-6-28-19-10-16-9-14(2)30-20(16)11-17(19)13-29-22(24)15-7-8-18(27-5)21(12-15)31(25,26)23(3)4/h7-8,10-12,14H,6,9,13H2,1-5H3/t14-/m0/s1. The normalized spacial score (nSPS) is 15.4. The molecule has 1 aliphatic rings. The summed E-state index contributed by atoms with van der Waals surface area (Å²) in [5, 5.41) is 0. The Morgan fingerprint density at radius 2 is 1.94 bits per heavy atom. The predicted molar refractivity (Wildman–Crippen MR) is 114 cm³/mol. The first-order valence-electron chi connectivity index (χ1n) is 9.90. The number of nitrogens with zero attached hydrogens (tertiary/aromatic N) is 1. The smallest absolute Gasteiger partial charge is 0.338 e. The van der Waals surface area contributed by atoms with Gasteiger partial charge >= 0.3 is 5.97 Å². The number of carbonyl (C=O) groups is 1. The van der Waals surface area contributed by atoms with Crippen LogP contribution in [0.5, 0.6) is 17.2 Å². The van der Waals surface area contributed by atoms with Crippen LogP contribution in [0.25, 0.3) is 0 Å². The summed E-state index contributed by atoms with van der Waals surface area (Å²) in [5.74, 6) is 0.882. The molecule has 2 aromatic carbocycles. The molecular weight excluding hydrogens is 422 g/mol. The number of sulfonamides is 1. The zero-order valence-corrected chi connectivity index (χ0v) is 19.1. The van der Waals surface area contributed by atoms with Gasteiger partial charge in [0.25, 0.3) is 0 Å². The second kappa shape index (κ2) is 9.15. The molecule has 1 atom stereocenters. The number of hydrogen-bond donors (Lipinski definition) is 0. The summed E-state index contributed by atoms with van der Waals surface area (Å²) in [4.78, 5) is 12.6. The molecule has 31 heavy (non-hydrogen) atoms. The molecule has 0 amide bonds. The molecule has 0 saturated carbocycles. The maximum atomic E-state index is 12.7. The summed E-state index contributed by atoms with van der Waals surface area (Å²) in [5.41, 5.74) is 1.84. The molecule has 1 aliphatic heterocycles. The number of rotatable bonds is 8. The lowest BCUT2D eigenvalue weighted by atomic mass is 10.1. The first-order valence-corrected chi connectivity index (χ1v) is 11.3. The van der Waals surface area contributed by atoms with Crippen molar-refractivity contribution >= 4 is 16.0 Å². The summed E-state index contributed by atoms with van der Waals surface area (Å²) in [6.07, 6.45) is 0.878. The van der Waals surface area contributed by atoms with E-state index < -0.39 is 16.0 Å². The van der Waals surface area contributed by atoms with E-state index in [9.17, 15) is 13.2 Å². The molecule has 0 radical (unpaired) electrons. The van der Waals surface area contributed by atoms with Crippen molar-refractivity contribution in [1.82, 2.24) is 4.31 Å². The van der Waals surface area contributed by atoms with Crippen molar-refractivity contribution in [2.75, 3.05) is 27.8 Å². The Balaban J connectivity index is 1.84. The average molecular weight is 450 g/mol. The summed E-state index contributed by atoms with van der Waals surface area (Å²) in [7, 11) is 0.381. The Kier molecular flexibility index (Phi) is 6.76. The summed E-state index contributed by atoms with van der Waals surface area (Å²) in [6.45, 7) is 4.30. The van der Waals surface area contributed by atoms with E-state index in [2.05, 4.69) is 0 Å². The number of ether oxygens (including phenoxy) is 4. The molecule has 0 aromatic heterocycles. The molecule has 9 heteroatoms. The van der Waals surface area contributed by atoms with Crippen molar-refractivity contribution in [2.45, 2.75) is 37.9 Å². The lowest BCUT2D eigenvalue weighted by Crippen LogP contribution is -2.23. The number of methoxy groups -OCH3 is 1. The topological polar surface area (TPSA) is 91.4 Å². The molecule has 2 aromatic rings. The summed E-state index contributed by atoms with van der Waals surface area (Å²) >= 11 is 0. The minimum Gasteiger partial charge on any atom is -0.495 e. The second-order valence-corrected chi connectivity index (χ2v) is 9.48. The van der Waals surface area contributed by atoms with Gasteiger partial charge in [-0.15, -0.1) is 0 Å². The molecule has 0 saturated heterocycles. The molecule has 0 aliphatic carbocycles. The molecule has 8 nitrogen and oxygen atoms in total. The van der Waals surface area contributed by atoms with Gasteiger partial charge < -0.3 is 18.9 Å². The molecule has 168 valence electrons. The van der Waals surface area contributed by atoms with Crippen LogP contribution in [0.4, 0.5) is 0 Å². The van der Waals surface area contributed by atoms with E-state index in [-0.39, 0.29) is 28.9 Å². The minimum atomic E-state index is -3.80. The van der Waals surface area contributed by atoms with Crippen molar-refractivity contribution in [3.8, 4) is 17.2 Å². The van der Waals surface area contributed by atoms with E-state index in [4.69, 9.17) is 18.9 Å². The first kappa shape index (κ1) is 22.9. The van der Waals surface area contributed by atoms with Crippen LogP contribution >= 0.6 is 0 Å². The van der Waals surface area contributed by atoms with Crippen LogP contribution in [0.15, 0.2) is 35.2 Å². The maximum absolute atomic E-state index is 12.7. The predicted octanol–water partition coefficient (Wildman–Crippen LogP) is 3.02. The monoisotopic (exact) mass is 449 g/mol. The van der Waals surface area contributed by atoms with Gasteiger partial charge in [-0.1, -0.05) is 0 Å². The molecule has 3 rings (SSSR count). The van der Waals surface area contributed by atoms with Gasteiger partial charge in [-0.2, -0.15) is 0 Å². The molecule has 0 N–H and O–H groups in total. The summed E-state index contributed by atoms with van der Waals surface area (Å²) in [6, 6.07) is 7.90. The van der Waals surface area contributed by atoms with Crippen LogP contribution in [0.2, 0.25) is 0 Å². The Hall–Kier alpha value is -2.78. The van der Waals surface area contributed by atoms with Gasteiger partial charge in [0.15, 0.2) is 0 Å². The first-order chi connectivity index (χ1) is 14.7. The molecule has 1 heterocycles. The molecule has 0 unspecified atom stereocenters. The van der Waals surface area contributed by atoms with Gasteiger partial charge in [-0.3, -0.25) is 0 Å². The average Bonchev–Trinajstić information content (AvgIpc) is 3.10. The highest BCUT2D eigenvalue weighted by molar-refractivity contribution is 7.89. The maximum Gasteiger partial charge on any atom is 0.338 e. The van der Waals surface area contributed by atoms with Crippen LogP contribution in [0, 0.1) is 0 Å². The van der Waals surface area contributed by atoms with Crippen LogP contribution in [-0.2, 0) is 27.8 Å². The highest BCUT2D eigenvalue weighted by Crippen LogP contribution is 2.35. The third kappa shape index (κ3) is 4.77. The Labute approximate surface area is 182 Å². The SMILES string of the molecule is CCOc1cc2c(cc1COC(=O)c1ccc(OC)c(S(=O)(=O)N(C)C)c1)O[C@@H](C)C2. The van der Waals surface area contributed by atoms with Crippen LogP contribution in [-0.4, -0.2) is 52.6 Å². The van der Waals surface area contributed by atoms with Gasteiger partial charge in [0, 0.05) is 31.6 Å². The van der Waals surface area contributed by atoms with Crippen molar-refractivity contribution in [1.29, 1.82) is 0 Å². The number of carbonyl (C=O) groups excluding carboxylic acids is 1. The van der Waals surface area contributed by atoms with Gasteiger partial charge in [-0.25, -0.2) is 17.5 Å². The zero-order valence-electron chi connectivity index (χ0n) is 18.3. The fraction of sp³-hybridized carbons (Fsp3) is 0.409. The quantitative estimate of drug-likeness (QED) is 0.572.